The number of rotatable bonds is 4. The first-order chi connectivity index (χ1) is 8.24. The van der Waals surface area contributed by atoms with Crippen molar-refractivity contribution in [1.29, 1.82) is 0 Å². The van der Waals surface area contributed by atoms with E-state index in [9.17, 15) is 0 Å². The van der Waals surface area contributed by atoms with Gasteiger partial charge >= 0.3 is 0 Å². The Morgan fingerprint density at radius 2 is 2.24 bits per heavy atom. The summed E-state index contributed by atoms with van der Waals surface area (Å²) < 4.78 is 7.50. The summed E-state index contributed by atoms with van der Waals surface area (Å²) in [4.78, 5) is 0. The van der Waals surface area contributed by atoms with Gasteiger partial charge in [0, 0.05) is 13.1 Å². The average Bonchev–Trinajstić information content (AvgIpc) is 2.79. The third-order valence-corrected chi connectivity index (χ3v) is 2.58. The molecule has 0 unspecified atom stereocenters. The van der Waals surface area contributed by atoms with E-state index in [1.54, 1.807) is 10.9 Å². The van der Waals surface area contributed by atoms with Gasteiger partial charge in [-0.15, -0.1) is 5.10 Å². The minimum Gasteiger partial charge on any atom is -0.437 e. The Morgan fingerprint density at radius 3 is 2.94 bits per heavy atom. The lowest BCUT2D eigenvalue weighted by Gasteiger charge is -2.10. The highest BCUT2D eigenvalue weighted by Crippen LogP contribution is 2.25. The third kappa shape index (κ3) is 2.45. The highest BCUT2D eigenvalue weighted by atomic mass is 16.5. The van der Waals surface area contributed by atoms with Crippen LogP contribution >= 0.6 is 0 Å². The fourth-order valence-corrected chi connectivity index (χ4v) is 1.54. The number of nitrogens with two attached hydrogens (primary N) is 1. The van der Waals surface area contributed by atoms with Crippen molar-refractivity contribution in [2.75, 3.05) is 0 Å². The van der Waals surface area contributed by atoms with Crippen LogP contribution in [-0.4, -0.2) is 15.0 Å². The van der Waals surface area contributed by atoms with E-state index >= 15 is 0 Å². The van der Waals surface area contributed by atoms with Crippen LogP contribution in [0.5, 0.6) is 11.6 Å². The van der Waals surface area contributed by atoms with Gasteiger partial charge < -0.3 is 10.5 Å². The van der Waals surface area contributed by atoms with E-state index < -0.39 is 0 Å². The van der Waals surface area contributed by atoms with Crippen molar-refractivity contribution in [3.8, 4) is 11.6 Å². The fourth-order valence-electron chi connectivity index (χ4n) is 1.54. The fraction of sp³-hybridized carbons (Fsp3) is 0.333. The van der Waals surface area contributed by atoms with Crippen LogP contribution in [0, 0.1) is 6.92 Å². The zero-order chi connectivity index (χ0) is 12.3. The summed E-state index contributed by atoms with van der Waals surface area (Å²) in [6.45, 7) is 5.22. The molecule has 5 nitrogen and oxygen atoms in total. The lowest BCUT2D eigenvalue weighted by atomic mass is 10.1. The van der Waals surface area contributed by atoms with Gasteiger partial charge in [0.1, 0.15) is 11.9 Å². The first-order valence-electron chi connectivity index (χ1n) is 5.60. The molecule has 0 saturated heterocycles. The van der Waals surface area contributed by atoms with Gasteiger partial charge in [-0.2, -0.15) is 0 Å². The largest absolute Gasteiger partial charge is 0.437 e. The van der Waals surface area contributed by atoms with Crippen LogP contribution in [0.2, 0.25) is 0 Å². The topological polar surface area (TPSA) is 66.0 Å². The molecule has 1 aromatic heterocycles. The first kappa shape index (κ1) is 11.6. The molecule has 2 N–H and O–H groups in total. The third-order valence-electron chi connectivity index (χ3n) is 2.58. The maximum Gasteiger partial charge on any atom is 0.238 e. The maximum absolute atomic E-state index is 5.80. The van der Waals surface area contributed by atoms with E-state index in [0.717, 1.165) is 23.4 Å². The van der Waals surface area contributed by atoms with Crippen LogP contribution in [0.4, 0.5) is 0 Å². The van der Waals surface area contributed by atoms with Crippen molar-refractivity contribution in [3.05, 3.63) is 35.5 Å². The standard InChI is InChI=1S/C12H16N4O/c1-3-16-12(8-14-15-16)17-11-6-10(7-13)5-4-9(11)2/h4-6,8H,3,7,13H2,1-2H3. The van der Waals surface area contributed by atoms with Crippen molar-refractivity contribution in [2.45, 2.75) is 26.9 Å². The molecule has 5 heteroatoms. The molecule has 0 bridgehead atoms. The van der Waals surface area contributed by atoms with E-state index in [4.69, 9.17) is 10.5 Å². The van der Waals surface area contributed by atoms with Crippen molar-refractivity contribution < 1.29 is 4.74 Å². The first-order valence-corrected chi connectivity index (χ1v) is 5.60. The van der Waals surface area contributed by atoms with Crippen molar-refractivity contribution in [3.63, 3.8) is 0 Å². The maximum atomic E-state index is 5.80. The van der Waals surface area contributed by atoms with Crippen molar-refractivity contribution in [2.24, 2.45) is 5.73 Å². The highest BCUT2D eigenvalue weighted by molar-refractivity contribution is 5.38. The Balaban J connectivity index is 2.29. The quantitative estimate of drug-likeness (QED) is 0.873. The average molecular weight is 232 g/mol. The molecular weight excluding hydrogens is 216 g/mol. The van der Waals surface area contributed by atoms with Gasteiger partial charge in [0.15, 0.2) is 0 Å². The molecule has 0 aliphatic heterocycles. The van der Waals surface area contributed by atoms with Crippen LogP contribution in [0.3, 0.4) is 0 Å². The van der Waals surface area contributed by atoms with Crippen LogP contribution < -0.4 is 10.5 Å². The molecule has 0 aliphatic rings. The second-order valence-electron chi connectivity index (χ2n) is 3.79. The van der Waals surface area contributed by atoms with Crippen molar-refractivity contribution >= 4 is 0 Å². The summed E-state index contributed by atoms with van der Waals surface area (Å²) in [5.74, 6) is 1.44. The summed E-state index contributed by atoms with van der Waals surface area (Å²) in [5, 5.41) is 7.74. The predicted octanol–water partition coefficient (Wildman–Crippen LogP) is 1.86. The minimum atomic E-state index is 0.502. The normalized spacial score (nSPS) is 10.5. The van der Waals surface area contributed by atoms with Gasteiger partial charge in [0.25, 0.3) is 0 Å². The summed E-state index contributed by atoms with van der Waals surface area (Å²) in [6, 6.07) is 5.94. The molecule has 90 valence electrons. The summed E-state index contributed by atoms with van der Waals surface area (Å²) >= 11 is 0. The molecule has 17 heavy (non-hydrogen) atoms. The molecular formula is C12H16N4O. The molecule has 0 atom stereocenters. The smallest absolute Gasteiger partial charge is 0.238 e. The second kappa shape index (κ2) is 4.97. The number of aryl methyl sites for hydroxylation is 2. The Hall–Kier alpha value is -1.88. The van der Waals surface area contributed by atoms with Gasteiger partial charge in [-0.05, 0) is 31.0 Å². The van der Waals surface area contributed by atoms with Gasteiger partial charge in [-0.3, -0.25) is 0 Å². The highest BCUT2D eigenvalue weighted by Gasteiger charge is 2.07. The lowest BCUT2D eigenvalue weighted by Crippen LogP contribution is -2.01. The molecule has 1 heterocycles. The van der Waals surface area contributed by atoms with E-state index in [1.807, 2.05) is 32.0 Å². The number of nitrogens with zero attached hydrogens (tertiary/aromatic N) is 3. The lowest BCUT2D eigenvalue weighted by molar-refractivity contribution is 0.412. The van der Waals surface area contributed by atoms with E-state index in [1.165, 1.54) is 0 Å². The Morgan fingerprint density at radius 1 is 1.41 bits per heavy atom. The molecule has 2 aromatic rings. The summed E-state index contributed by atoms with van der Waals surface area (Å²) in [5.41, 5.74) is 7.72. The molecule has 0 radical (unpaired) electrons. The minimum absolute atomic E-state index is 0.502. The van der Waals surface area contributed by atoms with Gasteiger partial charge in [0.2, 0.25) is 5.88 Å². The second-order valence-corrected chi connectivity index (χ2v) is 3.79. The monoisotopic (exact) mass is 232 g/mol. The molecule has 1 aromatic carbocycles. The number of aromatic nitrogens is 3. The zero-order valence-corrected chi connectivity index (χ0v) is 10.1. The SMILES string of the molecule is CCn1nncc1Oc1cc(CN)ccc1C. The zero-order valence-electron chi connectivity index (χ0n) is 10.1. The van der Waals surface area contributed by atoms with Crippen LogP contribution in [-0.2, 0) is 13.1 Å². The van der Waals surface area contributed by atoms with E-state index in [2.05, 4.69) is 10.3 Å². The number of hydrogen-bond acceptors (Lipinski definition) is 4. The molecule has 0 amide bonds. The van der Waals surface area contributed by atoms with E-state index in [-0.39, 0.29) is 0 Å². The Bertz CT molecular complexity index is 507. The van der Waals surface area contributed by atoms with Gasteiger partial charge in [0.05, 0.1) is 0 Å². The summed E-state index contributed by atoms with van der Waals surface area (Å²) in [6.07, 6.45) is 1.61. The Labute approximate surface area is 100 Å². The molecule has 0 saturated carbocycles. The van der Waals surface area contributed by atoms with Crippen molar-refractivity contribution in [1.82, 2.24) is 15.0 Å². The van der Waals surface area contributed by atoms with Gasteiger partial charge in [-0.25, -0.2) is 4.68 Å². The number of ether oxygens (including phenoxy) is 1. The molecule has 0 aliphatic carbocycles. The van der Waals surface area contributed by atoms with Crippen LogP contribution in [0.1, 0.15) is 18.1 Å². The molecule has 2 rings (SSSR count). The number of benzene rings is 1. The van der Waals surface area contributed by atoms with E-state index in [0.29, 0.717) is 12.4 Å². The van der Waals surface area contributed by atoms with Crippen LogP contribution in [0.25, 0.3) is 0 Å². The Kier molecular flexibility index (Phi) is 3.39. The van der Waals surface area contributed by atoms with Crippen LogP contribution in [0.15, 0.2) is 24.4 Å². The number of hydrogen-bond donors (Lipinski definition) is 1. The summed E-state index contributed by atoms with van der Waals surface area (Å²) in [7, 11) is 0. The van der Waals surface area contributed by atoms with Gasteiger partial charge in [-0.1, -0.05) is 17.3 Å². The molecule has 0 fully saturated rings. The predicted molar refractivity (Wildman–Crippen MR) is 64.8 cm³/mol. The molecule has 0 spiro atoms.